The van der Waals surface area contributed by atoms with Crippen molar-refractivity contribution in [3.63, 3.8) is 0 Å². The SMILES string of the molecule is CCOC=C(C(=O)OCC)C(=O)c1cc(C)c(Cl)nc1Cl. The maximum atomic E-state index is 12.4. The smallest absolute Gasteiger partial charge is 0.345 e. The number of aryl methyl sites for hydroxylation is 1. The Kier molecular flexibility index (Phi) is 6.65. The van der Waals surface area contributed by atoms with Gasteiger partial charge in [0, 0.05) is 0 Å². The van der Waals surface area contributed by atoms with Crippen LogP contribution in [0.15, 0.2) is 17.9 Å². The summed E-state index contributed by atoms with van der Waals surface area (Å²) >= 11 is 11.7. The molecule has 0 aliphatic heterocycles. The summed E-state index contributed by atoms with van der Waals surface area (Å²) in [5.41, 5.74) is 0.394. The van der Waals surface area contributed by atoms with E-state index in [0.29, 0.717) is 12.2 Å². The topological polar surface area (TPSA) is 65.5 Å². The number of ketones is 1. The number of hydrogen-bond donors (Lipinski definition) is 0. The van der Waals surface area contributed by atoms with Crippen LogP contribution in [-0.4, -0.2) is 30.0 Å². The lowest BCUT2D eigenvalue weighted by Gasteiger charge is -2.09. The monoisotopic (exact) mass is 331 g/mol. The van der Waals surface area contributed by atoms with Gasteiger partial charge in [-0.1, -0.05) is 23.2 Å². The predicted octanol–water partition coefficient (Wildman–Crippen LogP) is 3.36. The number of halogens is 2. The molecule has 1 aromatic heterocycles. The van der Waals surface area contributed by atoms with Crippen LogP contribution < -0.4 is 0 Å². The molecule has 0 N–H and O–H groups in total. The highest BCUT2D eigenvalue weighted by atomic mass is 35.5. The molecule has 0 saturated heterocycles. The van der Waals surface area contributed by atoms with E-state index >= 15 is 0 Å². The third kappa shape index (κ3) is 4.44. The van der Waals surface area contributed by atoms with E-state index in [2.05, 4.69) is 4.98 Å². The molecule has 114 valence electrons. The standard InChI is InChI=1S/C14H15Cl2NO4/c1-4-20-7-10(14(19)21-5-2)11(18)9-6-8(3)12(15)17-13(9)16/h6-7H,4-5H2,1-3H3. The van der Waals surface area contributed by atoms with Gasteiger partial charge in [-0.2, -0.15) is 0 Å². The van der Waals surface area contributed by atoms with E-state index < -0.39 is 11.8 Å². The van der Waals surface area contributed by atoms with E-state index in [1.807, 2.05) is 0 Å². The molecule has 0 unspecified atom stereocenters. The lowest BCUT2D eigenvalue weighted by Crippen LogP contribution is -2.17. The quantitative estimate of drug-likeness (QED) is 0.152. The molecule has 0 aromatic carbocycles. The number of carbonyl (C=O) groups is 2. The molecule has 0 spiro atoms. The van der Waals surface area contributed by atoms with Crippen LogP contribution in [0.4, 0.5) is 0 Å². The summed E-state index contributed by atoms with van der Waals surface area (Å²) in [7, 11) is 0. The third-order valence-corrected chi connectivity index (χ3v) is 3.13. The molecule has 0 saturated carbocycles. The van der Waals surface area contributed by atoms with Crippen molar-refractivity contribution < 1.29 is 19.1 Å². The third-order valence-electron chi connectivity index (χ3n) is 2.46. The average molecular weight is 332 g/mol. The summed E-state index contributed by atoms with van der Waals surface area (Å²) in [6.07, 6.45) is 1.07. The van der Waals surface area contributed by atoms with E-state index in [9.17, 15) is 9.59 Å². The Bertz CT molecular complexity index is 585. The molecule has 5 nitrogen and oxygen atoms in total. The summed E-state index contributed by atoms with van der Waals surface area (Å²) in [6.45, 7) is 5.49. The van der Waals surface area contributed by atoms with Gasteiger partial charge in [-0.3, -0.25) is 4.79 Å². The fourth-order valence-electron chi connectivity index (χ4n) is 1.44. The molecule has 1 rings (SSSR count). The van der Waals surface area contributed by atoms with Gasteiger partial charge in [0.25, 0.3) is 0 Å². The second-order valence-corrected chi connectivity index (χ2v) is 4.69. The molecule has 1 heterocycles. The van der Waals surface area contributed by atoms with Crippen LogP contribution in [0.25, 0.3) is 0 Å². The molecule has 21 heavy (non-hydrogen) atoms. The number of Topliss-reactive ketones (excluding diaryl/α,β-unsaturated/α-hetero) is 1. The van der Waals surface area contributed by atoms with Crippen molar-refractivity contribution in [1.82, 2.24) is 4.98 Å². The minimum absolute atomic E-state index is 0.0672. The second-order valence-electron chi connectivity index (χ2n) is 3.97. The van der Waals surface area contributed by atoms with Gasteiger partial charge in [-0.05, 0) is 32.4 Å². The Labute approximate surface area is 132 Å². The molecule has 0 aliphatic carbocycles. The number of aromatic nitrogens is 1. The number of hydrogen-bond acceptors (Lipinski definition) is 5. The highest BCUT2D eigenvalue weighted by Gasteiger charge is 2.25. The molecule has 0 fully saturated rings. The average Bonchev–Trinajstić information content (AvgIpc) is 2.43. The predicted molar refractivity (Wildman–Crippen MR) is 79.7 cm³/mol. The first-order valence-electron chi connectivity index (χ1n) is 6.28. The maximum absolute atomic E-state index is 12.4. The minimum atomic E-state index is -0.778. The first-order chi connectivity index (χ1) is 9.92. The van der Waals surface area contributed by atoms with Crippen molar-refractivity contribution in [1.29, 1.82) is 0 Å². The number of rotatable bonds is 6. The Morgan fingerprint density at radius 2 is 1.90 bits per heavy atom. The van der Waals surface area contributed by atoms with Crippen molar-refractivity contribution in [3.8, 4) is 0 Å². The van der Waals surface area contributed by atoms with Crippen molar-refractivity contribution in [2.75, 3.05) is 13.2 Å². The lowest BCUT2D eigenvalue weighted by atomic mass is 10.1. The minimum Gasteiger partial charge on any atom is -0.500 e. The summed E-state index contributed by atoms with van der Waals surface area (Å²) in [6, 6.07) is 1.47. The van der Waals surface area contributed by atoms with Crippen LogP contribution in [0.2, 0.25) is 10.3 Å². The number of carbonyl (C=O) groups excluding carboxylic acids is 2. The van der Waals surface area contributed by atoms with E-state index in [-0.39, 0.29) is 28.0 Å². The molecule has 0 aliphatic rings. The highest BCUT2D eigenvalue weighted by molar-refractivity contribution is 6.37. The van der Waals surface area contributed by atoms with Gasteiger partial charge in [0.2, 0.25) is 5.78 Å². The Morgan fingerprint density at radius 3 is 2.48 bits per heavy atom. The normalized spacial score (nSPS) is 11.2. The molecule has 7 heteroatoms. The van der Waals surface area contributed by atoms with Crippen LogP contribution >= 0.6 is 23.2 Å². The maximum Gasteiger partial charge on any atom is 0.345 e. The van der Waals surface area contributed by atoms with E-state index in [1.54, 1.807) is 20.8 Å². The van der Waals surface area contributed by atoms with Gasteiger partial charge in [-0.25, -0.2) is 9.78 Å². The molecule has 0 atom stereocenters. The fraction of sp³-hybridized carbons (Fsp3) is 0.357. The molecule has 0 bridgehead atoms. The Morgan fingerprint density at radius 1 is 1.24 bits per heavy atom. The summed E-state index contributed by atoms with van der Waals surface area (Å²) in [5.74, 6) is -1.40. The first-order valence-corrected chi connectivity index (χ1v) is 7.04. The van der Waals surface area contributed by atoms with Crippen molar-refractivity contribution in [3.05, 3.63) is 39.3 Å². The van der Waals surface area contributed by atoms with Gasteiger partial charge < -0.3 is 9.47 Å². The lowest BCUT2D eigenvalue weighted by molar-refractivity contribution is -0.138. The van der Waals surface area contributed by atoms with Gasteiger partial charge >= 0.3 is 5.97 Å². The Balaban J connectivity index is 3.23. The summed E-state index contributed by atoms with van der Waals surface area (Å²) in [5, 5.41) is 0.116. The zero-order valence-electron chi connectivity index (χ0n) is 11.9. The van der Waals surface area contributed by atoms with E-state index in [0.717, 1.165) is 6.26 Å². The number of nitrogens with zero attached hydrogens (tertiary/aromatic N) is 1. The molecular formula is C14H15Cl2NO4. The Hall–Kier alpha value is -1.59. The zero-order chi connectivity index (χ0) is 16.0. The van der Waals surface area contributed by atoms with Crippen molar-refractivity contribution >= 4 is 35.0 Å². The van der Waals surface area contributed by atoms with Gasteiger partial charge in [-0.15, -0.1) is 0 Å². The molecule has 0 radical (unpaired) electrons. The van der Waals surface area contributed by atoms with Crippen LogP contribution in [0.1, 0.15) is 29.8 Å². The number of ether oxygens (including phenoxy) is 2. The van der Waals surface area contributed by atoms with E-state index in [1.165, 1.54) is 6.07 Å². The van der Waals surface area contributed by atoms with Crippen LogP contribution in [-0.2, 0) is 14.3 Å². The van der Waals surface area contributed by atoms with Crippen LogP contribution in [0, 0.1) is 6.92 Å². The van der Waals surface area contributed by atoms with Gasteiger partial charge in [0.15, 0.2) is 0 Å². The molecular weight excluding hydrogens is 317 g/mol. The highest BCUT2D eigenvalue weighted by Crippen LogP contribution is 2.23. The summed E-state index contributed by atoms with van der Waals surface area (Å²) in [4.78, 5) is 28.1. The zero-order valence-corrected chi connectivity index (χ0v) is 13.4. The molecule has 0 amide bonds. The van der Waals surface area contributed by atoms with Gasteiger partial charge in [0.05, 0.1) is 18.8 Å². The first kappa shape index (κ1) is 17.5. The van der Waals surface area contributed by atoms with Crippen molar-refractivity contribution in [2.24, 2.45) is 0 Å². The van der Waals surface area contributed by atoms with Crippen molar-refractivity contribution in [2.45, 2.75) is 20.8 Å². The number of esters is 1. The summed E-state index contributed by atoms with van der Waals surface area (Å²) < 4.78 is 9.87. The molecule has 1 aromatic rings. The van der Waals surface area contributed by atoms with Crippen LogP contribution in [0.5, 0.6) is 0 Å². The largest absolute Gasteiger partial charge is 0.500 e. The van der Waals surface area contributed by atoms with E-state index in [4.69, 9.17) is 32.7 Å². The second kappa shape index (κ2) is 8.00. The van der Waals surface area contributed by atoms with Gasteiger partial charge in [0.1, 0.15) is 22.1 Å². The van der Waals surface area contributed by atoms with Crippen LogP contribution in [0.3, 0.4) is 0 Å². The number of pyridine rings is 1. The fourth-order valence-corrected chi connectivity index (χ4v) is 1.85.